The van der Waals surface area contributed by atoms with Crippen molar-refractivity contribution in [3.8, 4) is 0 Å². The van der Waals surface area contributed by atoms with Gasteiger partial charge in [0.15, 0.2) is 0 Å². The van der Waals surface area contributed by atoms with E-state index in [9.17, 15) is 0 Å². The monoisotopic (exact) mass is 186 g/mol. The largest absolute Gasteiger partial charge is 0.342 e. The van der Waals surface area contributed by atoms with Crippen LogP contribution in [-0.2, 0) is 5.41 Å². The van der Waals surface area contributed by atoms with Crippen molar-refractivity contribution in [1.29, 1.82) is 0 Å². The fourth-order valence-electron chi connectivity index (χ4n) is 1.47. The standard InChI is InChI=1S/C11H15BN2/c1-11(2,3)10-13-8-5-4-7(12)6-9(8)14-10/h4-6H,12H2,1-3H3,(H,13,14). The SMILES string of the molecule is Bc1ccc2[nH]c(C(C)(C)C)nc2c1. The molecule has 0 saturated heterocycles. The van der Waals surface area contributed by atoms with Gasteiger partial charge >= 0.3 is 0 Å². The van der Waals surface area contributed by atoms with Crippen LogP contribution in [0.2, 0.25) is 0 Å². The number of hydrogen-bond acceptors (Lipinski definition) is 1. The lowest BCUT2D eigenvalue weighted by atomic mass is 9.96. The summed E-state index contributed by atoms with van der Waals surface area (Å²) in [6.07, 6.45) is 0. The number of aromatic nitrogens is 2. The Morgan fingerprint density at radius 1 is 1.29 bits per heavy atom. The zero-order valence-corrected chi connectivity index (χ0v) is 9.18. The number of rotatable bonds is 0. The first-order valence-corrected chi connectivity index (χ1v) is 4.94. The maximum Gasteiger partial charge on any atom is 0.139 e. The summed E-state index contributed by atoms with van der Waals surface area (Å²) in [5, 5.41) is 0. The Morgan fingerprint density at radius 2 is 2.00 bits per heavy atom. The van der Waals surface area contributed by atoms with Crippen molar-refractivity contribution in [3.05, 3.63) is 24.0 Å². The molecule has 0 unspecified atom stereocenters. The van der Waals surface area contributed by atoms with Crippen LogP contribution in [0.15, 0.2) is 18.2 Å². The minimum absolute atomic E-state index is 0.0902. The average Bonchev–Trinajstić information content (AvgIpc) is 2.45. The number of nitrogens with zero attached hydrogens (tertiary/aromatic N) is 1. The Kier molecular flexibility index (Phi) is 1.91. The highest BCUT2D eigenvalue weighted by Crippen LogP contribution is 2.21. The summed E-state index contributed by atoms with van der Waals surface area (Å²) >= 11 is 0. The quantitative estimate of drug-likeness (QED) is 0.613. The van der Waals surface area contributed by atoms with E-state index in [1.807, 2.05) is 0 Å². The molecule has 0 amide bonds. The predicted octanol–water partition coefficient (Wildman–Crippen LogP) is 1.12. The van der Waals surface area contributed by atoms with E-state index in [0.29, 0.717) is 0 Å². The molecular weight excluding hydrogens is 171 g/mol. The van der Waals surface area contributed by atoms with Crippen LogP contribution >= 0.6 is 0 Å². The summed E-state index contributed by atoms with van der Waals surface area (Å²) in [7, 11) is 2.09. The molecular formula is C11H15BN2. The van der Waals surface area contributed by atoms with Gasteiger partial charge in [-0.1, -0.05) is 32.3 Å². The van der Waals surface area contributed by atoms with Gasteiger partial charge in [-0.3, -0.25) is 0 Å². The van der Waals surface area contributed by atoms with Gasteiger partial charge in [0.2, 0.25) is 0 Å². The van der Waals surface area contributed by atoms with Crippen LogP contribution in [0.5, 0.6) is 0 Å². The molecule has 2 rings (SSSR count). The van der Waals surface area contributed by atoms with E-state index in [1.165, 1.54) is 5.46 Å². The number of imidazole rings is 1. The van der Waals surface area contributed by atoms with Crippen molar-refractivity contribution in [2.45, 2.75) is 26.2 Å². The summed E-state index contributed by atoms with van der Waals surface area (Å²) in [4.78, 5) is 7.94. The van der Waals surface area contributed by atoms with Gasteiger partial charge in [-0.2, -0.15) is 0 Å². The molecule has 3 heteroatoms. The Labute approximate surface area is 85.2 Å². The van der Waals surface area contributed by atoms with E-state index in [0.717, 1.165) is 16.9 Å². The maximum absolute atomic E-state index is 4.59. The molecule has 0 fully saturated rings. The molecule has 2 aromatic rings. The molecule has 0 atom stereocenters. The third kappa shape index (κ3) is 1.54. The molecule has 14 heavy (non-hydrogen) atoms. The lowest BCUT2D eigenvalue weighted by molar-refractivity contribution is 0.554. The van der Waals surface area contributed by atoms with E-state index in [1.54, 1.807) is 0 Å². The lowest BCUT2D eigenvalue weighted by Crippen LogP contribution is -2.12. The van der Waals surface area contributed by atoms with Crippen molar-refractivity contribution < 1.29 is 0 Å². The number of nitrogens with one attached hydrogen (secondary N) is 1. The van der Waals surface area contributed by atoms with Gasteiger partial charge < -0.3 is 4.98 Å². The smallest absolute Gasteiger partial charge is 0.139 e. The number of benzene rings is 1. The van der Waals surface area contributed by atoms with Gasteiger partial charge in [-0.05, 0) is 12.1 Å². The van der Waals surface area contributed by atoms with Gasteiger partial charge in [-0.15, -0.1) is 0 Å². The minimum Gasteiger partial charge on any atom is -0.342 e. The van der Waals surface area contributed by atoms with Gasteiger partial charge in [0.1, 0.15) is 13.7 Å². The fourth-order valence-corrected chi connectivity index (χ4v) is 1.47. The molecule has 0 spiro atoms. The van der Waals surface area contributed by atoms with E-state index in [2.05, 4.69) is 56.8 Å². The number of aromatic amines is 1. The molecule has 72 valence electrons. The molecule has 1 aromatic heterocycles. The molecule has 0 saturated carbocycles. The van der Waals surface area contributed by atoms with Gasteiger partial charge in [-0.25, -0.2) is 4.98 Å². The average molecular weight is 186 g/mol. The molecule has 2 nitrogen and oxygen atoms in total. The summed E-state index contributed by atoms with van der Waals surface area (Å²) < 4.78 is 0. The Morgan fingerprint density at radius 3 is 2.64 bits per heavy atom. The van der Waals surface area contributed by atoms with E-state index in [4.69, 9.17) is 0 Å². The van der Waals surface area contributed by atoms with Crippen LogP contribution in [0.1, 0.15) is 26.6 Å². The Balaban J connectivity index is 2.63. The first-order valence-electron chi connectivity index (χ1n) is 4.94. The summed E-state index contributed by atoms with van der Waals surface area (Å²) in [5.74, 6) is 1.05. The highest BCUT2D eigenvalue weighted by molar-refractivity contribution is 6.33. The predicted molar refractivity (Wildman–Crippen MR) is 63.0 cm³/mol. The second-order valence-corrected chi connectivity index (χ2v) is 4.86. The summed E-state index contributed by atoms with van der Waals surface area (Å²) in [6.45, 7) is 6.49. The van der Waals surface area contributed by atoms with Crippen LogP contribution in [0.4, 0.5) is 0 Å². The highest BCUT2D eigenvalue weighted by Gasteiger charge is 2.17. The van der Waals surface area contributed by atoms with Crippen LogP contribution < -0.4 is 5.46 Å². The first kappa shape index (κ1) is 9.32. The molecule has 0 radical (unpaired) electrons. The second kappa shape index (κ2) is 2.87. The van der Waals surface area contributed by atoms with Crippen molar-refractivity contribution in [2.75, 3.05) is 0 Å². The third-order valence-electron chi connectivity index (χ3n) is 2.35. The molecule has 0 aliphatic rings. The molecule has 0 bridgehead atoms. The summed E-state index contributed by atoms with van der Waals surface area (Å²) in [6, 6.07) is 6.31. The number of fused-ring (bicyclic) bond motifs is 1. The number of H-pyrrole nitrogens is 1. The Bertz CT molecular complexity index is 466. The number of hydrogen-bond donors (Lipinski definition) is 1. The van der Waals surface area contributed by atoms with Crippen molar-refractivity contribution in [2.24, 2.45) is 0 Å². The van der Waals surface area contributed by atoms with Crippen molar-refractivity contribution in [1.82, 2.24) is 9.97 Å². The van der Waals surface area contributed by atoms with Crippen LogP contribution in [0.25, 0.3) is 11.0 Å². The first-order chi connectivity index (χ1) is 6.47. The van der Waals surface area contributed by atoms with E-state index in [-0.39, 0.29) is 5.41 Å². The molecule has 1 heterocycles. The van der Waals surface area contributed by atoms with Crippen molar-refractivity contribution >= 4 is 24.3 Å². The minimum atomic E-state index is 0.0902. The fraction of sp³-hybridized carbons (Fsp3) is 0.364. The molecule has 0 aliphatic carbocycles. The Hall–Kier alpha value is -1.25. The zero-order chi connectivity index (χ0) is 10.3. The topological polar surface area (TPSA) is 28.7 Å². The van der Waals surface area contributed by atoms with Crippen LogP contribution in [0, 0.1) is 0 Å². The normalized spacial score (nSPS) is 12.2. The van der Waals surface area contributed by atoms with E-state index < -0.39 is 0 Å². The zero-order valence-electron chi connectivity index (χ0n) is 9.18. The van der Waals surface area contributed by atoms with Crippen molar-refractivity contribution in [3.63, 3.8) is 0 Å². The second-order valence-electron chi connectivity index (χ2n) is 4.86. The third-order valence-corrected chi connectivity index (χ3v) is 2.35. The molecule has 0 aliphatic heterocycles. The lowest BCUT2D eigenvalue weighted by Gasteiger charge is -2.13. The van der Waals surface area contributed by atoms with Gasteiger partial charge in [0, 0.05) is 5.41 Å². The summed E-state index contributed by atoms with van der Waals surface area (Å²) in [5.41, 5.74) is 3.53. The van der Waals surface area contributed by atoms with Gasteiger partial charge in [0.25, 0.3) is 0 Å². The molecule has 1 aromatic carbocycles. The van der Waals surface area contributed by atoms with Gasteiger partial charge in [0.05, 0.1) is 11.0 Å². The maximum atomic E-state index is 4.59. The van der Waals surface area contributed by atoms with Crippen LogP contribution in [-0.4, -0.2) is 17.8 Å². The molecule has 1 N–H and O–H groups in total. The van der Waals surface area contributed by atoms with E-state index >= 15 is 0 Å². The van der Waals surface area contributed by atoms with Crippen LogP contribution in [0.3, 0.4) is 0 Å². The highest BCUT2D eigenvalue weighted by atomic mass is 14.9.